The van der Waals surface area contributed by atoms with Crippen molar-refractivity contribution in [2.24, 2.45) is 0 Å². The molecule has 0 atom stereocenters. The summed E-state index contributed by atoms with van der Waals surface area (Å²) in [6.45, 7) is 3.70. The van der Waals surface area contributed by atoms with Crippen LogP contribution in [0.5, 0.6) is 11.5 Å². The molecule has 0 saturated heterocycles. The molecule has 0 aliphatic carbocycles. The molecular weight excluding hydrogens is 478 g/mol. The zero-order valence-corrected chi connectivity index (χ0v) is 21.7. The highest BCUT2D eigenvalue weighted by molar-refractivity contribution is 7.80. The zero-order chi connectivity index (χ0) is 24.8. The average molecular weight is 508 g/mol. The van der Waals surface area contributed by atoms with Gasteiger partial charge in [0, 0.05) is 17.0 Å². The van der Waals surface area contributed by atoms with Crippen LogP contribution < -0.4 is 20.3 Å². The number of benzene rings is 2. The summed E-state index contributed by atoms with van der Waals surface area (Å²) in [6.07, 6.45) is 0.767. The number of hydrogen-bond donors (Lipinski definition) is 2. The first kappa shape index (κ1) is 24.8. The summed E-state index contributed by atoms with van der Waals surface area (Å²) < 4.78 is 10.7. The van der Waals surface area contributed by atoms with Gasteiger partial charge in [-0.1, -0.05) is 30.3 Å². The van der Waals surface area contributed by atoms with Crippen LogP contribution in [0.25, 0.3) is 10.9 Å². The molecule has 35 heavy (non-hydrogen) atoms. The number of thiophene rings is 1. The summed E-state index contributed by atoms with van der Waals surface area (Å²) in [5.41, 5.74) is 3.64. The number of thiocarbonyl (C=S) groups is 1. The molecule has 182 valence electrons. The molecule has 2 N–H and O–H groups in total. The van der Waals surface area contributed by atoms with Crippen LogP contribution >= 0.6 is 23.6 Å². The third kappa shape index (κ3) is 6.01. The molecule has 0 unspecified atom stereocenters. The Bertz CT molecular complexity index is 1370. The highest BCUT2D eigenvalue weighted by atomic mass is 32.1. The summed E-state index contributed by atoms with van der Waals surface area (Å²) in [5.74, 6) is 1.41. The second kappa shape index (κ2) is 11.4. The Morgan fingerprint density at radius 2 is 1.89 bits per heavy atom. The fraction of sp³-hybridized carbons (Fsp3) is 0.259. The summed E-state index contributed by atoms with van der Waals surface area (Å²) in [6, 6.07) is 18.0. The van der Waals surface area contributed by atoms with Crippen molar-refractivity contribution >= 4 is 39.6 Å². The number of nitrogens with zero attached hydrogens (tertiary/aromatic N) is 1. The van der Waals surface area contributed by atoms with Gasteiger partial charge in [-0.2, -0.15) is 0 Å². The van der Waals surface area contributed by atoms with E-state index in [0.717, 1.165) is 28.5 Å². The predicted octanol–water partition coefficient (Wildman–Crippen LogP) is 5.03. The van der Waals surface area contributed by atoms with Gasteiger partial charge in [0.1, 0.15) is 0 Å². The Kier molecular flexibility index (Phi) is 8.05. The Hall–Kier alpha value is -3.36. The number of aryl methyl sites for hydroxylation is 1. The van der Waals surface area contributed by atoms with Gasteiger partial charge in [-0.3, -0.25) is 4.79 Å². The maximum Gasteiger partial charge on any atom is 0.253 e. The minimum atomic E-state index is -0.0869. The number of hydrogen-bond acceptors (Lipinski definition) is 5. The highest BCUT2D eigenvalue weighted by Gasteiger charge is 2.15. The molecule has 0 bridgehead atoms. The third-order valence-corrected chi connectivity index (χ3v) is 7.14. The standard InChI is InChI=1S/C27H29N3O3S2/c1-18-6-4-7-20-15-21(26(31)29-25(18)20)16-30(17-22-8-5-13-35-22)27(34)28-12-11-19-9-10-23(32-2)24(14-19)33-3/h4-10,13-15H,11-12,16-17H2,1-3H3,(H,28,34)(H,29,31). The number of ether oxygens (including phenoxy) is 2. The molecular formula is C27H29N3O3S2. The van der Waals surface area contributed by atoms with Crippen LogP contribution in [0.15, 0.2) is 64.8 Å². The molecule has 2 aromatic carbocycles. The fourth-order valence-corrected chi connectivity index (χ4v) is 4.95. The fourth-order valence-electron chi connectivity index (χ4n) is 4.00. The molecule has 0 spiro atoms. The first-order chi connectivity index (χ1) is 17.0. The number of nitrogens with one attached hydrogen (secondary N) is 2. The Morgan fingerprint density at radius 1 is 1.06 bits per heavy atom. The van der Waals surface area contributed by atoms with Crippen LogP contribution in [0.3, 0.4) is 0 Å². The smallest absolute Gasteiger partial charge is 0.253 e. The number of methoxy groups -OCH3 is 2. The van der Waals surface area contributed by atoms with E-state index < -0.39 is 0 Å². The number of rotatable bonds is 9. The van der Waals surface area contributed by atoms with E-state index in [1.54, 1.807) is 25.6 Å². The lowest BCUT2D eigenvalue weighted by molar-refractivity contribution is 0.354. The van der Waals surface area contributed by atoms with Crippen LogP contribution in [0, 0.1) is 6.92 Å². The van der Waals surface area contributed by atoms with E-state index in [1.165, 1.54) is 4.88 Å². The summed E-state index contributed by atoms with van der Waals surface area (Å²) in [5, 5.41) is 7.05. The van der Waals surface area contributed by atoms with Gasteiger partial charge in [0.05, 0.1) is 32.8 Å². The maximum atomic E-state index is 12.9. The molecule has 4 rings (SSSR count). The van der Waals surface area contributed by atoms with Crippen molar-refractivity contribution < 1.29 is 9.47 Å². The number of H-pyrrole nitrogens is 1. The van der Waals surface area contributed by atoms with E-state index >= 15 is 0 Å². The van der Waals surface area contributed by atoms with E-state index in [2.05, 4.69) is 16.4 Å². The number of para-hydroxylation sites is 1. The van der Waals surface area contributed by atoms with Gasteiger partial charge in [-0.15, -0.1) is 11.3 Å². The first-order valence-corrected chi connectivity index (χ1v) is 12.6. The molecule has 2 heterocycles. The van der Waals surface area contributed by atoms with Crippen molar-refractivity contribution in [3.63, 3.8) is 0 Å². The largest absolute Gasteiger partial charge is 0.493 e. The number of pyridine rings is 1. The Balaban J connectivity index is 1.49. The highest BCUT2D eigenvalue weighted by Crippen LogP contribution is 2.27. The first-order valence-electron chi connectivity index (χ1n) is 11.4. The lowest BCUT2D eigenvalue weighted by Crippen LogP contribution is -2.40. The van der Waals surface area contributed by atoms with E-state index in [-0.39, 0.29) is 5.56 Å². The second-order valence-corrected chi connectivity index (χ2v) is 9.69. The normalized spacial score (nSPS) is 10.8. The van der Waals surface area contributed by atoms with Gasteiger partial charge in [-0.25, -0.2) is 0 Å². The Labute approximate surface area is 214 Å². The van der Waals surface area contributed by atoms with Crippen molar-refractivity contribution in [2.75, 3.05) is 20.8 Å². The second-order valence-electron chi connectivity index (χ2n) is 8.27. The van der Waals surface area contributed by atoms with Gasteiger partial charge in [-0.05, 0) is 71.7 Å². The van der Waals surface area contributed by atoms with E-state index in [4.69, 9.17) is 21.7 Å². The van der Waals surface area contributed by atoms with Gasteiger partial charge >= 0.3 is 0 Å². The van der Waals surface area contributed by atoms with Gasteiger partial charge in [0.2, 0.25) is 0 Å². The quantitative estimate of drug-likeness (QED) is 0.310. The minimum absolute atomic E-state index is 0.0869. The summed E-state index contributed by atoms with van der Waals surface area (Å²) in [7, 11) is 3.26. The molecule has 0 amide bonds. The van der Waals surface area contributed by atoms with Crippen LogP contribution in [-0.2, 0) is 19.5 Å². The molecule has 0 fully saturated rings. The van der Waals surface area contributed by atoms with Crippen molar-refractivity contribution in [1.82, 2.24) is 15.2 Å². The summed E-state index contributed by atoms with van der Waals surface area (Å²) in [4.78, 5) is 19.2. The lowest BCUT2D eigenvalue weighted by atomic mass is 10.1. The molecule has 0 aliphatic rings. The maximum absolute atomic E-state index is 12.9. The average Bonchev–Trinajstić information content (AvgIpc) is 3.37. The molecule has 4 aromatic rings. The number of aromatic nitrogens is 1. The van der Waals surface area contributed by atoms with Crippen molar-refractivity contribution in [1.29, 1.82) is 0 Å². The number of aromatic amines is 1. The monoisotopic (exact) mass is 507 g/mol. The van der Waals surface area contributed by atoms with Crippen molar-refractivity contribution in [2.45, 2.75) is 26.4 Å². The molecule has 2 aromatic heterocycles. The van der Waals surface area contributed by atoms with E-state index in [0.29, 0.717) is 41.8 Å². The van der Waals surface area contributed by atoms with Gasteiger partial charge in [0.15, 0.2) is 16.6 Å². The molecule has 6 nitrogen and oxygen atoms in total. The zero-order valence-electron chi connectivity index (χ0n) is 20.1. The topological polar surface area (TPSA) is 66.6 Å². The SMILES string of the molecule is COc1ccc(CCNC(=S)N(Cc2cccs2)Cc2cc3cccc(C)c3[nH]c2=O)cc1OC. The van der Waals surface area contributed by atoms with Crippen molar-refractivity contribution in [3.8, 4) is 11.5 Å². The third-order valence-electron chi connectivity index (χ3n) is 5.88. The minimum Gasteiger partial charge on any atom is -0.493 e. The van der Waals surface area contributed by atoms with Crippen LogP contribution in [0.4, 0.5) is 0 Å². The summed E-state index contributed by atoms with van der Waals surface area (Å²) >= 11 is 7.45. The van der Waals surface area contributed by atoms with E-state index in [9.17, 15) is 4.79 Å². The van der Waals surface area contributed by atoms with Crippen LogP contribution in [0.1, 0.15) is 21.6 Å². The van der Waals surface area contributed by atoms with Crippen LogP contribution in [-0.4, -0.2) is 35.8 Å². The van der Waals surface area contributed by atoms with E-state index in [1.807, 2.05) is 65.7 Å². The van der Waals surface area contributed by atoms with Gasteiger partial charge in [0.25, 0.3) is 5.56 Å². The Morgan fingerprint density at radius 3 is 2.63 bits per heavy atom. The van der Waals surface area contributed by atoms with Crippen molar-refractivity contribution in [3.05, 3.63) is 91.9 Å². The molecule has 0 saturated carbocycles. The molecule has 0 radical (unpaired) electrons. The number of fused-ring (bicyclic) bond motifs is 1. The van der Waals surface area contributed by atoms with Crippen LogP contribution in [0.2, 0.25) is 0 Å². The molecule has 8 heteroatoms. The van der Waals surface area contributed by atoms with Gasteiger partial charge < -0.3 is 24.7 Å². The lowest BCUT2D eigenvalue weighted by Gasteiger charge is -2.25. The predicted molar refractivity (Wildman–Crippen MR) is 147 cm³/mol. The molecule has 0 aliphatic heterocycles.